The van der Waals surface area contributed by atoms with Gasteiger partial charge in [0.15, 0.2) is 0 Å². The molecule has 0 aliphatic heterocycles. The zero-order chi connectivity index (χ0) is 22.8. The highest BCUT2D eigenvalue weighted by molar-refractivity contribution is 8.00. The van der Waals surface area contributed by atoms with Gasteiger partial charge >= 0.3 is 0 Å². The molecule has 162 valence electrons. The average Bonchev–Trinajstić information content (AvgIpc) is 3.20. The molecule has 0 fully saturated rings. The number of nitrogens with zero attached hydrogens (tertiary/aromatic N) is 3. The summed E-state index contributed by atoms with van der Waals surface area (Å²) in [7, 11) is 0. The second-order valence-electron chi connectivity index (χ2n) is 7.48. The zero-order valence-electron chi connectivity index (χ0n) is 18.0. The molecule has 2 heterocycles. The van der Waals surface area contributed by atoms with Gasteiger partial charge in [0.1, 0.15) is 11.4 Å². The fourth-order valence-corrected chi connectivity index (χ4v) is 4.45. The number of nitrogens with two attached hydrogens (primary N) is 1. The average molecular weight is 446 g/mol. The van der Waals surface area contributed by atoms with Crippen LogP contribution in [0.3, 0.4) is 0 Å². The van der Waals surface area contributed by atoms with Crippen molar-refractivity contribution in [2.45, 2.75) is 25.8 Å². The van der Waals surface area contributed by atoms with Crippen molar-refractivity contribution in [3.63, 3.8) is 0 Å². The first-order chi connectivity index (χ1) is 15.3. The summed E-state index contributed by atoms with van der Waals surface area (Å²) >= 11 is 1.21. The Bertz CT molecular complexity index is 1330. The van der Waals surface area contributed by atoms with E-state index in [0.29, 0.717) is 16.3 Å². The summed E-state index contributed by atoms with van der Waals surface area (Å²) in [5.41, 5.74) is 12.1. The van der Waals surface area contributed by atoms with Crippen LogP contribution in [0, 0.1) is 20.8 Å². The van der Waals surface area contributed by atoms with E-state index in [1.54, 1.807) is 6.33 Å². The van der Waals surface area contributed by atoms with Gasteiger partial charge in [-0.2, -0.15) is 0 Å². The van der Waals surface area contributed by atoms with Gasteiger partial charge in [0.25, 0.3) is 5.91 Å². The SMILES string of the molecule is Cc1nc(SCC(=O)Nc2ccc(-n3cnc4ccccc43)cc2)c(C(N)=O)c(C)c1C. The molecule has 7 nitrogen and oxygen atoms in total. The van der Waals surface area contributed by atoms with Crippen LogP contribution in [0.1, 0.15) is 27.2 Å². The molecule has 4 rings (SSSR count). The Morgan fingerprint density at radius 1 is 1.03 bits per heavy atom. The molecule has 4 aromatic rings. The van der Waals surface area contributed by atoms with Crippen LogP contribution in [-0.2, 0) is 4.79 Å². The number of carbonyl (C=O) groups is 2. The minimum absolute atomic E-state index is 0.114. The summed E-state index contributed by atoms with van der Waals surface area (Å²) in [6.07, 6.45) is 1.78. The predicted molar refractivity (Wildman–Crippen MR) is 127 cm³/mol. The van der Waals surface area contributed by atoms with Gasteiger partial charge in [-0.15, -0.1) is 0 Å². The smallest absolute Gasteiger partial charge is 0.251 e. The van der Waals surface area contributed by atoms with Crippen molar-refractivity contribution in [1.82, 2.24) is 14.5 Å². The summed E-state index contributed by atoms with van der Waals surface area (Å²) < 4.78 is 2.00. The van der Waals surface area contributed by atoms with Gasteiger partial charge in [-0.1, -0.05) is 23.9 Å². The maximum absolute atomic E-state index is 12.5. The Labute approximate surface area is 190 Å². The van der Waals surface area contributed by atoms with Gasteiger partial charge in [0.05, 0.1) is 22.3 Å². The first-order valence-electron chi connectivity index (χ1n) is 10.1. The number of carbonyl (C=O) groups excluding carboxylic acids is 2. The number of aromatic nitrogens is 3. The van der Waals surface area contributed by atoms with Crippen LogP contribution >= 0.6 is 11.8 Å². The number of hydrogen-bond acceptors (Lipinski definition) is 5. The highest BCUT2D eigenvalue weighted by atomic mass is 32.2. The first-order valence-corrected chi connectivity index (χ1v) is 11.1. The van der Waals surface area contributed by atoms with E-state index in [1.165, 1.54) is 11.8 Å². The van der Waals surface area contributed by atoms with E-state index < -0.39 is 5.91 Å². The molecule has 2 aromatic carbocycles. The molecule has 2 amide bonds. The summed E-state index contributed by atoms with van der Waals surface area (Å²) in [5.74, 6) is -0.615. The van der Waals surface area contributed by atoms with Crippen LogP contribution < -0.4 is 11.1 Å². The van der Waals surface area contributed by atoms with Crippen LogP contribution in [0.25, 0.3) is 16.7 Å². The Balaban J connectivity index is 1.45. The summed E-state index contributed by atoms with van der Waals surface area (Å²) in [6.45, 7) is 5.63. The van der Waals surface area contributed by atoms with Crippen molar-refractivity contribution < 1.29 is 9.59 Å². The zero-order valence-corrected chi connectivity index (χ0v) is 18.9. The maximum Gasteiger partial charge on any atom is 0.251 e. The molecule has 0 saturated heterocycles. The van der Waals surface area contributed by atoms with Gasteiger partial charge in [-0.05, 0) is 68.3 Å². The van der Waals surface area contributed by atoms with Crippen molar-refractivity contribution in [3.8, 4) is 5.69 Å². The molecule has 0 atom stereocenters. The maximum atomic E-state index is 12.5. The Morgan fingerprint density at radius 3 is 2.47 bits per heavy atom. The molecular formula is C24H23N5O2S. The Kier molecular flexibility index (Phi) is 5.96. The first kappa shape index (κ1) is 21.6. The van der Waals surface area contributed by atoms with E-state index in [2.05, 4.69) is 15.3 Å². The molecule has 0 spiro atoms. The van der Waals surface area contributed by atoms with E-state index in [-0.39, 0.29) is 11.7 Å². The van der Waals surface area contributed by atoms with Crippen molar-refractivity contribution in [1.29, 1.82) is 0 Å². The molecule has 0 radical (unpaired) electrons. The molecule has 0 aliphatic carbocycles. The molecule has 8 heteroatoms. The predicted octanol–water partition coefficient (Wildman–Crippen LogP) is 4.18. The minimum Gasteiger partial charge on any atom is -0.366 e. The highest BCUT2D eigenvalue weighted by Crippen LogP contribution is 2.27. The highest BCUT2D eigenvalue weighted by Gasteiger charge is 2.18. The van der Waals surface area contributed by atoms with Crippen LogP contribution in [0.15, 0.2) is 59.9 Å². The molecular weight excluding hydrogens is 422 g/mol. The Hall–Kier alpha value is -3.65. The van der Waals surface area contributed by atoms with E-state index in [9.17, 15) is 9.59 Å². The Morgan fingerprint density at radius 2 is 1.75 bits per heavy atom. The largest absolute Gasteiger partial charge is 0.366 e. The number of hydrogen-bond donors (Lipinski definition) is 2. The number of thioether (sulfide) groups is 1. The normalized spacial score (nSPS) is 11.0. The summed E-state index contributed by atoms with van der Waals surface area (Å²) in [5, 5.41) is 3.36. The third-order valence-corrected chi connectivity index (χ3v) is 6.41. The topological polar surface area (TPSA) is 103 Å². The second kappa shape index (κ2) is 8.84. The number of aryl methyl sites for hydroxylation is 1. The molecule has 2 aromatic heterocycles. The number of imidazole rings is 1. The standard InChI is InChI=1S/C24H23N5O2S/c1-14-15(2)22(23(25)31)24(27-16(14)3)32-12-21(30)28-17-8-10-18(11-9-17)29-13-26-19-6-4-5-7-20(19)29/h4-11,13H,12H2,1-3H3,(H2,25,31)(H,28,30). The summed E-state index contributed by atoms with van der Waals surface area (Å²) in [6, 6.07) is 15.5. The van der Waals surface area contributed by atoms with Crippen LogP contribution in [-0.4, -0.2) is 32.1 Å². The van der Waals surface area contributed by atoms with Crippen LogP contribution in [0.2, 0.25) is 0 Å². The van der Waals surface area contributed by atoms with Gasteiger partial charge < -0.3 is 11.1 Å². The lowest BCUT2D eigenvalue weighted by molar-refractivity contribution is -0.113. The third-order valence-electron chi connectivity index (χ3n) is 5.43. The lowest BCUT2D eigenvalue weighted by atomic mass is 10.0. The third kappa shape index (κ3) is 4.22. The number of rotatable bonds is 6. The monoisotopic (exact) mass is 445 g/mol. The fraction of sp³-hybridized carbons (Fsp3) is 0.167. The number of amides is 2. The van der Waals surface area contributed by atoms with Gasteiger partial charge in [-0.3, -0.25) is 14.2 Å². The van der Waals surface area contributed by atoms with E-state index in [1.807, 2.05) is 73.9 Å². The lowest BCUT2D eigenvalue weighted by Crippen LogP contribution is -2.18. The van der Waals surface area contributed by atoms with E-state index in [0.717, 1.165) is 33.5 Å². The summed E-state index contributed by atoms with van der Waals surface area (Å²) in [4.78, 5) is 33.3. The van der Waals surface area contributed by atoms with Crippen molar-refractivity contribution in [3.05, 3.63) is 77.2 Å². The number of fused-ring (bicyclic) bond motifs is 1. The number of nitrogens with one attached hydrogen (secondary N) is 1. The lowest BCUT2D eigenvalue weighted by Gasteiger charge is -2.13. The minimum atomic E-state index is -0.538. The molecule has 32 heavy (non-hydrogen) atoms. The van der Waals surface area contributed by atoms with Crippen molar-refractivity contribution in [2.24, 2.45) is 5.73 Å². The molecule has 0 aliphatic rings. The number of pyridine rings is 1. The van der Waals surface area contributed by atoms with Gasteiger partial charge in [0, 0.05) is 17.1 Å². The molecule has 0 unspecified atom stereocenters. The van der Waals surface area contributed by atoms with Crippen molar-refractivity contribution >= 4 is 40.3 Å². The number of benzene rings is 2. The van der Waals surface area contributed by atoms with E-state index >= 15 is 0 Å². The number of anilines is 1. The number of primary amides is 1. The van der Waals surface area contributed by atoms with Gasteiger partial charge in [0.2, 0.25) is 5.91 Å². The number of para-hydroxylation sites is 2. The van der Waals surface area contributed by atoms with Gasteiger partial charge in [-0.25, -0.2) is 9.97 Å². The second-order valence-corrected chi connectivity index (χ2v) is 8.44. The van der Waals surface area contributed by atoms with Crippen molar-refractivity contribution in [2.75, 3.05) is 11.1 Å². The molecule has 3 N–H and O–H groups in total. The van der Waals surface area contributed by atoms with Crippen LogP contribution in [0.5, 0.6) is 0 Å². The van der Waals surface area contributed by atoms with Crippen LogP contribution in [0.4, 0.5) is 5.69 Å². The fourth-order valence-electron chi connectivity index (χ4n) is 3.51. The molecule has 0 saturated carbocycles. The van der Waals surface area contributed by atoms with E-state index in [4.69, 9.17) is 5.73 Å². The quantitative estimate of drug-likeness (QED) is 0.434. The molecule has 0 bridgehead atoms.